The van der Waals surface area contributed by atoms with Crippen LogP contribution in [0.5, 0.6) is 0 Å². The maximum atomic E-state index is 2.34. The standard InChI is InChI=1S/C25H18S/c1-17-14-15-19(16-22(17)18-8-3-2-4-9-18)20-11-7-13-24-25(20)21-10-5-6-12-23(21)26-24/h2-16H,1H3. The van der Waals surface area contributed by atoms with Crippen LogP contribution in [0.4, 0.5) is 0 Å². The van der Waals surface area contributed by atoms with Crippen molar-refractivity contribution in [2.75, 3.05) is 0 Å². The minimum absolute atomic E-state index is 1.27. The van der Waals surface area contributed by atoms with Gasteiger partial charge in [-0.3, -0.25) is 0 Å². The Bertz CT molecular complexity index is 1230. The normalized spacial score (nSPS) is 11.3. The zero-order chi connectivity index (χ0) is 17.5. The maximum Gasteiger partial charge on any atom is 0.0361 e. The van der Waals surface area contributed by atoms with Gasteiger partial charge < -0.3 is 0 Å². The van der Waals surface area contributed by atoms with Crippen LogP contribution in [0.25, 0.3) is 42.4 Å². The molecular formula is C25H18S. The highest BCUT2D eigenvalue weighted by Gasteiger charge is 2.12. The van der Waals surface area contributed by atoms with E-state index < -0.39 is 0 Å². The summed E-state index contributed by atoms with van der Waals surface area (Å²) in [4.78, 5) is 0. The van der Waals surface area contributed by atoms with Crippen molar-refractivity contribution in [2.24, 2.45) is 0 Å². The molecule has 26 heavy (non-hydrogen) atoms. The summed E-state index contributed by atoms with van der Waals surface area (Å²) < 4.78 is 2.70. The van der Waals surface area contributed by atoms with Crippen LogP contribution in [0.1, 0.15) is 5.56 Å². The Labute approximate surface area is 157 Å². The fraction of sp³-hybridized carbons (Fsp3) is 0.0400. The Morgan fingerprint density at radius 1 is 0.577 bits per heavy atom. The van der Waals surface area contributed by atoms with Crippen LogP contribution < -0.4 is 0 Å². The fourth-order valence-corrected chi connectivity index (χ4v) is 4.87. The van der Waals surface area contributed by atoms with E-state index in [-0.39, 0.29) is 0 Å². The summed E-state index contributed by atoms with van der Waals surface area (Å²) in [6.07, 6.45) is 0. The van der Waals surface area contributed by atoms with E-state index in [9.17, 15) is 0 Å². The molecule has 1 aromatic heterocycles. The summed E-state index contributed by atoms with van der Waals surface area (Å²) in [5, 5.41) is 2.72. The molecule has 0 bridgehead atoms. The molecule has 0 aliphatic carbocycles. The molecule has 0 saturated carbocycles. The number of benzene rings is 4. The highest BCUT2D eigenvalue weighted by atomic mass is 32.1. The molecule has 0 atom stereocenters. The van der Waals surface area contributed by atoms with Gasteiger partial charge in [-0.15, -0.1) is 11.3 Å². The molecule has 0 unspecified atom stereocenters. The van der Waals surface area contributed by atoms with Crippen LogP contribution >= 0.6 is 11.3 Å². The van der Waals surface area contributed by atoms with Crippen molar-refractivity contribution in [1.82, 2.24) is 0 Å². The lowest BCUT2D eigenvalue weighted by atomic mass is 9.93. The molecule has 1 heteroatoms. The smallest absolute Gasteiger partial charge is 0.0361 e. The van der Waals surface area contributed by atoms with Crippen molar-refractivity contribution in [2.45, 2.75) is 6.92 Å². The van der Waals surface area contributed by atoms with Gasteiger partial charge in [0, 0.05) is 20.2 Å². The van der Waals surface area contributed by atoms with E-state index in [0.29, 0.717) is 0 Å². The molecule has 124 valence electrons. The molecule has 0 saturated heterocycles. The van der Waals surface area contributed by atoms with Gasteiger partial charge in [0.2, 0.25) is 0 Å². The third kappa shape index (κ3) is 2.44. The number of aryl methyl sites for hydroxylation is 1. The van der Waals surface area contributed by atoms with Crippen LogP contribution in [0.2, 0.25) is 0 Å². The monoisotopic (exact) mass is 350 g/mol. The van der Waals surface area contributed by atoms with Gasteiger partial charge >= 0.3 is 0 Å². The second-order valence-electron chi connectivity index (χ2n) is 6.67. The first-order valence-electron chi connectivity index (χ1n) is 8.88. The molecule has 0 spiro atoms. The molecule has 5 aromatic rings. The van der Waals surface area contributed by atoms with E-state index in [4.69, 9.17) is 0 Å². The summed E-state index contributed by atoms with van der Waals surface area (Å²) >= 11 is 1.87. The van der Waals surface area contributed by atoms with Crippen molar-refractivity contribution >= 4 is 31.5 Å². The Kier molecular flexibility index (Phi) is 3.62. The van der Waals surface area contributed by atoms with Gasteiger partial charge in [0.1, 0.15) is 0 Å². The molecule has 0 aliphatic rings. The van der Waals surface area contributed by atoms with Gasteiger partial charge in [-0.05, 0) is 52.9 Å². The van der Waals surface area contributed by atoms with Crippen LogP contribution in [0, 0.1) is 6.92 Å². The lowest BCUT2D eigenvalue weighted by molar-refractivity contribution is 1.46. The summed E-state index contributed by atoms with van der Waals surface area (Å²) in [5.41, 5.74) is 6.48. The van der Waals surface area contributed by atoms with Gasteiger partial charge in [-0.2, -0.15) is 0 Å². The predicted molar refractivity (Wildman–Crippen MR) is 115 cm³/mol. The molecule has 0 nitrogen and oxygen atoms in total. The number of rotatable bonds is 2. The zero-order valence-electron chi connectivity index (χ0n) is 14.6. The maximum absolute atomic E-state index is 2.34. The second kappa shape index (κ2) is 6.12. The molecule has 4 aromatic carbocycles. The van der Waals surface area contributed by atoms with Crippen LogP contribution in [0.15, 0.2) is 91.0 Å². The Hall–Kier alpha value is -2.90. The molecular weight excluding hydrogens is 332 g/mol. The lowest BCUT2D eigenvalue weighted by Crippen LogP contribution is -1.86. The molecule has 0 radical (unpaired) electrons. The second-order valence-corrected chi connectivity index (χ2v) is 7.76. The first kappa shape index (κ1) is 15.4. The van der Waals surface area contributed by atoms with E-state index in [1.165, 1.54) is 48.0 Å². The first-order valence-corrected chi connectivity index (χ1v) is 9.69. The van der Waals surface area contributed by atoms with Gasteiger partial charge in [0.15, 0.2) is 0 Å². The van der Waals surface area contributed by atoms with Gasteiger partial charge in [0.25, 0.3) is 0 Å². The Morgan fingerprint density at radius 2 is 1.35 bits per heavy atom. The van der Waals surface area contributed by atoms with Crippen molar-refractivity contribution in [3.05, 3.63) is 96.6 Å². The van der Waals surface area contributed by atoms with Gasteiger partial charge in [-0.1, -0.05) is 72.8 Å². The molecule has 1 heterocycles. The SMILES string of the molecule is Cc1ccc(-c2cccc3sc4ccccc4c23)cc1-c1ccccc1. The van der Waals surface area contributed by atoms with E-state index >= 15 is 0 Å². The molecule has 5 rings (SSSR count). The first-order chi connectivity index (χ1) is 12.8. The van der Waals surface area contributed by atoms with Crippen molar-refractivity contribution in [3.8, 4) is 22.3 Å². The largest absolute Gasteiger partial charge is 0.135 e. The van der Waals surface area contributed by atoms with Crippen LogP contribution in [-0.2, 0) is 0 Å². The fourth-order valence-electron chi connectivity index (χ4n) is 3.73. The van der Waals surface area contributed by atoms with E-state index in [0.717, 1.165) is 0 Å². The van der Waals surface area contributed by atoms with Gasteiger partial charge in [-0.25, -0.2) is 0 Å². The van der Waals surface area contributed by atoms with E-state index in [1.807, 2.05) is 11.3 Å². The topological polar surface area (TPSA) is 0 Å². The van der Waals surface area contributed by atoms with E-state index in [1.54, 1.807) is 0 Å². The minimum atomic E-state index is 1.27. The third-order valence-electron chi connectivity index (χ3n) is 5.04. The molecule has 0 N–H and O–H groups in total. The number of fused-ring (bicyclic) bond motifs is 3. The minimum Gasteiger partial charge on any atom is -0.135 e. The van der Waals surface area contributed by atoms with Crippen molar-refractivity contribution < 1.29 is 0 Å². The molecule has 0 amide bonds. The average molecular weight is 350 g/mol. The van der Waals surface area contributed by atoms with Crippen LogP contribution in [0.3, 0.4) is 0 Å². The van der Waals surface area contributed by atoms with Crippen molar-refractivity contribution in [1.29, 1.82) is 0 Å². The summed E-state index contributed by atoms with van der Waals surface area (Å²) in [6, 6.07) is 32.9. The quantitative estimate of drug-likeness (QED) is 0.306. The highest BCUT2D eigenvalue weighted by Crippen LogP contribution is 2.40. The molecule has 0 fully saturated rings. The zero-order valence-corrected chi connectivity index (χ0v) is 15.4. The van der Waals surface area contributed by atoms with E-state index in [2.05, 4.69) is 97.9 Å². The number of thiophene rings is 1. The average Bonchev–Trinajstić information content (AvgIpc) is 3.08. The van der Waals surface area contributed by atoms with Crippen LogP contribution in [-0.4, -0.2) is 0 Å². The lowest BCUT2D eigenvalue weighted by Gasteiger charge is -2.11. The summed E-state index contributed by atoms with van der Waals surface area (Å²) in [6.45, 7) is 2.19. The highest BCUT2D eigenvalue weighted by molar-refractivity contribution is 7.25. The van der Waals surface area contributed by atoms with Crippen molar-refractivity contribution in [3.63, 3.8) is 0 Å². The van der Waals surface area contributed by atoms with Gasteiger partial charge in [0.05, 0.1) is 0 Å². The number of hydrogen-bond acceptors (Lipinski definition) is 1. The third-order valence-corrected chi connectivity index (χ3v) is 6.17. The molecule has 0 aliphatic heterocycles. The Morgan fingerprint density at radius 3 is 2.23 bits per heavy atom. The summed E-state index contributed by atoms with van der Waals surface area (Å²) in [7, 11) is 0. The summed E-state index contributed by atoms with van der Waals surface area (Å²) in [5.74, 6) is 0. The number of hydrogen-bond donors (Lipinski definition) is 0. The Balaban J connectivity index is 1.79. The predicted octanol–water partition coefficient (Wildman–Crippen LogP) is 7.70.